The molecule has 0 atom stereocenters. The van der Waals surface area contributed by atoms with Gasteiger partial charge < -0.3 is 14.4 Å². The lowest BCUT2D eigenvalue weighted by atomic mass is 10.1. The molecule has 0 aromatic heterocycles. The third kappa shape index (κ3) is 3.04. The van der Waals surface area contributed by atoms with Gasteiger partial charge in [-0.1, -0.05) is 6.07 Å². The van der Waals surface area contributed by atoms with Crippen LogP contribution in [-0.4, -0.2) is 42.9 Å². The summed E-state index contributed by atoms with van der Waals surface area (Å²) in [5.41, 5.74) is 3.17. The first-order valence-corrected chi connectivity index (χ1v) is 7.73. The number of anilines is 1. The van der Waals surface area contributed by atoms with Gasteiger partial charge in [0.1, 0.15) is 5.60 Å². The summed E-state index contributed by atoms with van der Waals surface area (Å²) in [5.74, 6) is 0. The van der Waals surface area contributed by atoms with Gasteiger partial charge in [-0.2, -0.15) is 0 Å². The molecule has 2 aliphatic rings. The smallest absolute Gasteiger partial charge is 0.410 e. The highest BCUT2D eigenvalue weighted by molar-refractivity contribution is 5.70. The summed E-state index contributed by atoms with van der Waals surface area (Å²) in [7, 11) is 1.75. The highest BCUT2D eigenvalue weighted by Gasteiger charge is 2.30. The molecule has 1 aromatic rings. The molecule has 1 aromatic carbocycles. The quantitative estimate of drug-likeness (QED) is 0.842. The summed E-state index contributed by atoms with van der Waals surface area (Å²) >= 11 is 0. The van der Waals surface area contributed by atoms with Gasteiger partial charge in [-0.3, -0.25) is 4.90 Å². The number of hydrogen-bond donors (Lipinski definition) is 0. The van der Waals surface area contributed by atoms with Gasteiger partial charge in [-0.25, -0.2) is 4.79 Å². The van der Waals surface area contributed by atoms with E-state index in [1.165, 1.54) is 16.8 Å². The van der Waals surface area contributed by atoms with Crippen molar-refractivity contribution < 1.29 is 14.3 Å². The van der Waals surface area contributed by atoms with E-state index in [-0.39, 0.29) is 6.09 Å². The summed E-state index contributed by atoms with van der Waals surface area (Å²) in [6.45, 7) is 8.80. The van der Waals surface area contributed by atoms with E-state index in [0.29, 0.717) is 19.2 Å². The number of nitrogens with zero attached hydrogens (tertiary/aromatic N) is 2. The maximum absolute atomic E-state index is 12.2. The lowest BCUT2D eigenvalue weighted by molar-refractivity contribution is 0.0242. The number of ether oxygens (including phenoxy) is 2. The van der Waals surface area contributed by atoms with E-state index >= 15 is 0 Å². The summed E-state index contributed by atoms with van der Waals surface area (Å²) in [6, 6.07) is 6.43. The van der Waals surface area contributed by atoms with E-state index in [9.17, 15) is 4.79 Å². The van der Waals surface area contributed by atoms with Gasteiger partial charge in [0.2, 0.25) is 0 Å². The van der Waals surface area contributed by atoms with E-state index in [4.69, 9.17) is 9.47 Å². The molecule has 0 bridgehead atoms. The molecule has 1 amide bonds. The van der Waals surface area contributed by atoms with Crippen LogP contribution in [0, 0.1) is 0 Å². The number of fused-ring (bicyclic) bond motifs is 1. The van der Waals surface area contributed by atoms with Gasteiger partial charge in [-0.15, -0.1) is 0 Å². The number of hydrogen-bond acceptors (Lipinski definition) is 4. The number of methoxy groups -OCH3 is 1. The SMILES string of the molecule is COC1CN(c2ccc3c(c2)CN(C(=O)OC(C)(C)C)C3)C1. The Kier molecular flexibility index (Phi) is 3.77. The molecule has 5 heteroatoms. The zero-order chi connectivity index (χ0) is 15.9. The van der Waals surface area contributed by atoms with Crippen molar-refractivity contribution in [3.63, 3.8) is 0 Å². The molecule has 2 heterocycles. The monoisotopic (exact) mass is 304 g/mol. The average molecular weight is 304 g/mol. The first kappa shape index (κ1) is 15.2. The van der Waals surface area contributed by atoms with Crippen LogP contribution in [0.5, 0.6) is 0 Å². The molecule has 2 aliphatic heterocycles. The molecule has 1 saturated heterocycles. The molecular weight excluding hydrogens is 280 g/mol. The Morgan fingerprint density at radius 1 is 1.18 bits per heavy atom. The second kappa shape index (κ2) is 5.47. The topological polar surface area (TPSA) is 42.0 Å². The fourth-order valence-electron chi connectivity index (χ4n) is 2.83. The Morgan fingerprint density at radius 3 is 2.50 bits per heavy atom. The molecule has 3 rings (SSSR count). The Hall–Kier alpha value is -1.75. The molecule has 0 aliphatic carbocycles. The minimum atomic E-state index is -0.455. The summed E-state index contributed by atoms with van der Waals surface area (Å²) in [5, 5.41) is 0. The van der Waals surface area contributed by atoms with Gasteiger partial charge >= 0.3 is 6.09 Å². The van der Waals surface area contributed by atoms with Crippen molar-refractivity contribution in [2.45, 2.75) is 45.6 Å². The molecule has 1 fully saturated rings. The minimum absolute atomic E-state index is 0.242. The van der Waals surface area contributed by atoms with Gasteiger partial charge in [0.05, 0.1) is 6.10 Å². The van der Waals surface area contributed by atoms with Crippen molar-refractivity contribution in [3.05, 3.63) is 29.3 Å². The highest BCUT2D eigenvalue weighted by Crippen LogP contribution is 2.30. The van der Waals surface area contributed by atoms with Crippen LogP contribution in [-0.2, 0) is 22.6 Å². The van der Waals surface area contributed by atoms with Gasteiger partial charge in [0.25, 0.3) is 0 Å². The van der Waals surface area contributed by atoms with E-state index in [1.54, 1.807) is 12.0 Å². The van der Waals surface area contributed by atoms with E-state index < -0.39 is 5.60 Å². The standard InChI is InChI=1S/C17H24N2O3/c1-17(2,3)22-16(20)19-8-12-5-6-14(7-13(12)9-19)18-10-15(11-18)21-4/h5-7,15H,8-11H2,1-4H3. The first-order valence-electron chi connectivity index (χ1n) is 7.73. The molecule has 0 N–H and O–H groups in total. The fraction of sp³-hybridized carbons (Fsp3) is 0.588. The number of benzene rings is 1. The lowest BCUT2D eigenvalue weighted by Crippen LogP contribution is -2.51. The molecular formula is C17H24N2O3. The normalized spacial score (nSPS) is 18.2. The van der Waals surface area contributed by atoms with Crippen molar-refractivity contribution >= 4 is 11.8 Å². The predicted molar refractivity (Wildman–Crippen MR) is 84.9 cm³/mol. The minimum Gasteiger partial charge on any atom is -0.444 e. The van der Waals surface area contributed by atoms with Crippen LogP contribution in [0.25, 0.3) is 0 Å². The maximum Gasteiger partial charge on any atom is 0.410 e. The zero-order valence-corrected chi connectivity index (χ0v) is 13.8. The third-order valence-electron chi connectivity index (χ3n) is 4.11. The maximum atomic E-state index is 12.2. The van der Waals surface area contributed by atoms with Gasteiger partial charge in [0, 0.05) is 39.0 Å². The summed E-state index contributed by atoms with van der Waals surface area (Å²) < 4.78 is 10.8. The van der Waals surface area contributed by atoms with Crippen LogP contribution in [0.2, 0.25) is 0 Å². The van der Waals surface area contributed by atoms with Crippen molar-refractivity contribution in [3.8, 4) is 0 Å². The van der Waals surface area contributed by atoms with Crippen molar-refractivity contribution in [1.82, 2.24) is 4.90 Å². The highest BCUT2D eigenvalue weighted by atomic mass is 16.6. The first-order chi connectivity index (χ1) is 10.4. The van der Waals surface area contributed by atoms with E-state index in [0.717, 1.165) is 13.1 Å². The van der Waals surface area contributed by atoms with Crippen molar-refractivity contribution in [1.29, 1.82) is 0 Å². The van der Waals surface area contributed by atoms with Crippen LogP contribution >= 0.6 is 0 Å². The second-order valence-electron chi connectivity index (χ2n) is 7.05. The fourth-order valence-corrected chi connectivity index (χ4v) is 2.83. The summed E-state index contributed by atoms with van der Waals surface area (Å²) in [4.78, 5) is 16.2. The number of carbonyl (C=O) groups is 1. The number of rotatable bonds is 2. The third-order valence-corrected chi connectivity index (χ3v) is 4.11. The Bertz CT molecular complexity index is 574. The summed E-state index contributed by atoms with van der Waals surface area (Å²) in [6.07, 6.45) is 0.0974. The molecule has 0 spiro atoms. The molecule has 5 nitrogen and oxygen atoms in total. The predicted octanol–water partition coefficient (Wildman–Crippen LogP) is 2.77. The van der Waals surface area contributed by atoms with Crippen LogP contribution in [0.4, 0.5) is 10.5 Å². The van der Waals surface area contributed by atoms with Crippen molar-refractivity contribution in [2.75, 3.05) is 25.1 Å². The Labute approximate surface area is 131 Å². The van der Waals surface area contributed by atoms with Gasteiger partial charge in [-0.05, 0) is 44.0 Å². The Balaban J connectivity index is 1.65. The van der Waals surface area contributed by atoms with Crippen LogP contribution in [0.1, 0.15) is 31.9 Å². The molecule has 22 heavy (non-hydrogen) atoms. The Morgan fingerprint density at radius 2 is 1.86 bits per heavy atom. The van der Waals surface area contributed by atoms with Crippen LogP contribution in [0.3, 0.4) is 0 Å². The van der Waals surface area contributed by atoms with Gasteiger partial charge in [0.15, 0.2) is 0 Å². The van der Waals surface area contributed by atoms with Crippen LogP contribution in [0.15, 0.2) is 18.2 Å². The van der Waals surface area contributed by atoms with Crippen molar-refractivity contribution in [2.24, 2.45) is 0 Å². The molecule has 0 saturated carbocycles. The second-order valence-corrected chi connectivity index (χ2v) is 7.05. The molecule has 120 valence electrons. The molecule has 0 radical (unpaired) electrons. The number of carbonyl (C=O) groups excluding carboxylic acids is 1. The zero-order valence-electron chi connectivity index (χ0n) is 13.8. The lowest BCUT2D eigenvalue weighted by Gasteiger charge is -2.40. The molecule has 0 unspecified atom stereocenters. The average Bonchev–Trinajstić information content (AvgIpc) is 2.78. The van der Waals surface area contributed by atoms with Crippen LogP contribution < -0.4 is 4.90 Å². The van der Waals surface area contributed by atoms with E-state index in [1.807, 2.05) is 20.8 Å². The number of amides is 1. The van der Waals surface area contributed by atoms with E-state index in [2.05, 4.69) is 23.1 Å². The largest absolute Gasteiger partial charge is 0.444 e.